The molecule has 17 heavy (non-hydrogen) atoms. The van der Waals surface area contributed by atoms with Crippen LogP contribution >= 0.6 is 0 Å². The summed E-state index contributed by atoms with van der Waals surface area (Å²) in [5.74, 6) is 0. The van der Waals surface area contributed by atoms with Crippen molar-refractivity contribution >= 4 is 0 Å². The van der Waals surface area contributed by atoms with E-state index in [1.54, 1.807) is 0 Å². The fraction of sp³-hybridized carbons (Fsp3) is 0.231. The zero-order valence-corrected chi connectivity index (χ0v) is 9.21. The number of imidazole rings is 1. The highest BCUT2D eigenvalue weighted by atomic mass is 16.5. The summed E-state index contributed by atoms with van der Waals surface area (Å²) in [6.07, 6.45) is 3.66. The van der Waals surface area contributed by atoms with Crippen LogP contribution in [-0.2, 0) is 11.3 Å². The van der Waals surface area contributed by atoms with Gasteiger partial charge < -0.3 is 9.30 Å². The van der Waals surface area contributed by atoms with Gasteiger partial charge in [-0.1, -0.05) is 12.1 Å². The van der Waals surface area contributed by atoms with E-state index in [0.717, 1.165) is 11.3 Å². The second kappa shape index (κ2) is 4.04. The first kappa shape index (κ1) is 10.1. The number of hydrogen-bond donors (Lipinski definition) is 0. The van der Waals surface area contributed by atoms with E-state index >= 15 is 0 Å². The number of hydrogen-bond acceptors (Lipinski definition) is 3. The molecule has 0 spiro atoms. The lowest BCUT2D eigenvalue weighted by Gasteiger charge is -2.26. The molecule has 2 heterocycles. The quantitative estimate of drug-likeness (QED) is 0.744. The molecule has 1 aromatic heterocycles. The molecule has 1 aliphatic rings. The molecular formula is C13H11N3O. The fourth-order valence-electron chi connectivity index (χ4n) is 2.12. The van der Waals surface area contributed by atoms with Gasteiger partial charge in [0.1, 0.15) is 0 Å². The van der Waals surface area contributed by atoms with Crippen LogP contribution in [0, 0.1) is 11.3 Å². The first-order valence-electron chi connectivity index (χ1n) is 5.47. The molecule has 84 valence electrons. The molecule has 1 aromatic carbocycles. The second-order valence-corrected chi connectivity index (χ2v) is 4.06. The number of nitrogens with zero attached hydrogens (tertiary/aromatic N) is 3. The molecule has 4 heteroatoms. The van der Waals surface area contributed by atoms with Gasteiger partial charge in [0.05, 0.1) is 49.1 Å². The van der Waals surface area contributed by atoms with Crippen molar-refractivity contribution < 1.29 is 4.74 Å². The monoisotopic (exact) mass is 225 g/mol. The molecule has 0 aliphatic carbocycles. The Morgan fingerprint density at radius 3 is 2.94 bits per heavy atom. The van der Waals surface area contributed by atoms with Gasteiger partial charge in [-0.15, -0.1) is 0 Å². The van der Waals surface area contributed by atoms with Gasteiger partial charge in [-0.3, -0.25) is 0 Å². The maximum atomic E-state index is 8.77. The minimum absolute atomic E-state index is 0.161. The molecule has 0 radical (unpaired) electrons. The molecule has 1 atom stereocenters. The van der Waals surface area contributed by atoms with Crippen LogP contribution in [-0.4, -0.2) is 16.2 Å². The molecule has 1 unspecified atom stereocenters. The molecule has 0 amide bonds. The Morgan fingerprint density at radius 1 is 1.35 bits per heavy atom. The van der Waals surface area contributed by atoms with Gasteiger partial charge in [-0.25, -0.2) is 4.98 Å². The Labute approximate surface area is 99.1 Å². The van der Waals surface area contributed by atoms with Gasteiger partial charge in [-0.05, 0) is 17.7 Å². The first-order valence-corrected chi connectivity index (χ1v) is 5.47. The number of nitriles is 1. The molecule has 3 rings (SSSR count). The predicted molar refractivity (Wildman–Crippen MR) is 61.2 cm³/mol. The fourth-order valence-corrected chi connectivity index (χ4v) is 2.12. The molecule has 0 bridgehead atoms. The topological polar surface area (TPSA) is 50.8 Å². The molecule has 1 aliphatic heterocycles. The predicted octanol–water partition coefficient (Wildman–Crippen LogP) is 1.87. The van der Waals surface area contributed by atoms with Crippen molar-refractivity contribution in [3.05, 3.63) is 53.6 Å². The molecule has 0 saturated heterocycles. The lowest BCUT2D eigenvalue weighted by atomic mass is 10.0. The van der Waals surface area contributed by atoms with E-state index in [-0.39, 0.29) is 6.04 Å². The van der Waals surface area contributed by atoms with Crippen LogP contribution < -0.4 is 0 Å². The third-order valence-corrected chi connectivity index (χ3v) is 3.03. The summed E-state index contributed by atoms with van der Waals surface area (Å²) in [6.45, 7) is 1.27. The zero-order valence-electron chi connectivity index (χ0n) is 9.21. The smallest absolute Gasteiger partial charge is 0.0991 e. The van der Waals surface area contributed by atoms with Gasteiger partial charge in [0.2, 0.25) is 0 Å². The summed E-state index contributed by atoms with van der Waals surface area (Å²) in [6, 6.07) is 9.90. The minimum Gasteiger partial charge on any atom is -0.373 e. The van der Waals surface area contributed by atoms with E-state index in [1.165, 1.54) is 0 Å². The van der Waals surface area contributed by atoms with Crippen LogP contribution in [0.15, 0.2) is 36.8 Å². The Balaban J connectivity index is 1.98. The standard InChI is InChI=1S/C13H11N3O/c14-5-10-1-3-11(4-2-10)13-8-17-7-12-6-15-9-16(12)13/h1-4,6,9,13H,7-8H2. The van der Waals surface area contributed by atoms with Crippen molar-refractivity contribution in [1.82, 2.24) is 9.55 Å². The van der Waals surface area contributed by atoms with Crippen LogP contribution in [0.25, 0.3) is 0 Å². The van der Waals surface area contributed by atoms with Crippen LogP contribution in [0.5, 0.6) is 0 Å². The van der Waals surface area contributed by atoms with Crippen LogP contribution in [0.4, 0.5) is 0 Å². The van der Waals surface area contributed by atoms with Crippen molar-refractivity contribution in [2.75, 3.05) is 6.61 Å². The van der Waals surface area contributed by atoms with Gasteiger partial charge >= 0.3 is 0 Å². The summed E-state index contributed by atoms with van der Waals surface area (Å²) < 4.78 is 7.68. The van der Waals surface area contributed by atoms with Crippen molar-refractivity contribution in [1.29, 1.82) is 5.26 Å². The normalized spacial score (nSPS) is 18.4. The number of rotatable bonds is 1. The Hall–Kier alpha value is -2.12. The SMILES string of the molecule is N#Cc1ccc(C2COCc3cncn32)cc1. The zero-order chi connectivity index (χ0) is 11.7. The second-order valence-electron chi connectivity index (χ2n) is 4.06. The Kier molecular flexibility index (Phi) is 2.39. The van der Waals surface area contributed by atoms with E-state index in [0.29, 0.717) is 18.8 Å². The van der Waals surface area contributed by atoms with E-state index in [4.69, 9.17) is 10.00 Å². The summed E-state index contributed by atoms with van der Waals surface area (Å²) >= 11 is 0. The third-order valence-electron chi connectivity index (χ3n) is 3.03. The molecule has 4 nitrogen and oxygen atoms in total. The highest BCUT2D eigenvalue weighted by Gasteiger charge is 2.21. The average Bonchev–Trinajstić information content (AvgIpc) is 2.87. The van der Waals surface area contributed by atoms with E-state index in [1.807, 2.05) is 36.8 Å². The molecule has 0 saturated carbocycles. The summed E-state index contributed by atoms with van der Waals surface area (Å²) in [4.78, 5) is 4.14. The van der Waals surface area contributed by atoms with Gasteiger partial charge in [-0.2, -0.15) is 5.26 Å². The van der Waals surface area contributed by atoms with Crippen LogP contribution in [0.1, 0.15) is 22.9 Å². The summed E-state index contributed by atoms with van der Waals surface area (Å²) in [7, 11) is 0. The summed E-state index contributed by atoms with van der Waals surface area (Å²) in [5.41, 5.74) is 2.91. The highest BCUT2D eigenvalue weighted by Crippen LogP contribution is 2.25. The lowest BCUT2D eigenvalue weighted by molar-refractivity contribution is 0.0695. The van der Waals surface area contributed by atoms with E-state index in [2.05, 4.69) is 15.6 Å². The molecule has 0 fully saturated rings. The van der Waals surface area contributed by atoms with Crippen molar-refractivity contribution in [2.24, 2.45) is 0 Å². The average molecular weight is 225 g/mol. The number of fused-ring (bicyclic) bond motifs is 1. The highest BCUT2D eigenvalue weighted by molar-refractivity contribution is 5.33. The molecule has 0 N–H and O–H groups in total. The third kappa shape index (κ3) is 1.71. The van der Waals surface area contributed by atoms with Crippen molar-refractivity contribution in [2.45, 2.75) is 12.6 Å². The van der Waals surface area contributed by atoms with Gasteiger partial charge in [0, 0.05) is 0 Å². The van der Waals surface area contributed by atoms with E-state index < -0.39 is 0 Å². The van der Waals surface area contributed by atoms with Gasteiger partial charge in [0.25, 0.3) is 0 Å². The van der Waals surface area contributed by atoms with E-state index in [9.17, 15) is 0 Å². The number of ether oxygens (including phenoxy) is 1. The maximum absolute atomic E-state index is 8.77. The van der Waals surface area contributed by atoms with Gasteiger partial charge in [0.15, 0.2) is 0 Å². The largest absolute Gasteiger partial charge is 0.373 e. The number of aromatic nitrogens is 2. The molecule has 2 aromatic rings. The maximum Gasteiger partial charge on any atom is 0.0991 e. The number of benzene rings is 1. The lowest BCUT2D eigenvalue weighted by Crippen LogP contribution is -2.23. The van der Waals surface area contributed by atoms with Crippen molar-refractivity contribution in [3.8, 4) is 6.07 Å². The molecular weight excluding hydrogens is 214 g/mol. The van der Waals surface area contributed by atoms with Crippen LogP contribution in [0.3, 0.4) is 0 Å². The minimum atomic E-state index is 0.161. The summed E-state index contributed by atoms with van der Waals surface area (Å²) in [5, 5.41) is 8.77. The first-order chi connectivity index (χ1) is 8.38. The Bertz CT molecular complexity index is 565. The van der Waals surface area contributed by atoms with Crippen LogP contribution in [0.2, 0.25) is 0 Å². The van der Waals surface area contributed by atoms with Crippen molar-refractivity contribution in [3.63, 3.8) is 0 Å². The Morgan fingerprint density at radius 2 is 2.18 bits per heavy atom.